The number of likely N-dealkylation sites (N-methyl/N-ethyl adjacent to an activating group) is 1. The van der Waals surface area contributed by atoms with Gasteiger partial charge in [-0.05, 0) is 37.6 Å². The highest BCUT2D eigenvalue weighted by molar-refractivity contribution is 5.97. The highest BCUT2D eigenvalue weighted by Crippen LogP contribution is 2.29. The van der Waals surface area contributed by atoms with Crippen LogP contribution in [0.2, 0.25) is 0 Å². The number of esters is 1. The number of nitrogens with one attached hydrogen (secondary N) is 1. The molecular formula is C17H20N2O5. The minimum Gasteiger partial charge on any atom is -0.493 e. The summed E-state index contributed by atoms with van der Waals surface area (Å²) >= 11 is 0. The molecule has 128 valence electrons. The number of carbonyl (C=O) groups excluding carboxylic acids is 2. The maximum absolute atomic E-state index is 11.6. The Morgan fingerprint density at radius 1 is 1.29 bits per heavy atom. The van der Waals surface area contributed by atoms with Crippen LogP contribution in [0.1, 0.15) is 19.4 Å². The van der Waals surface area contributed by atoms with E-state index in [9.17, 15) is 9.59 Å². The van der Waals surface area contributed by atoms with E-state index < -0.39 is 5.97 Å². The summed E-state index contributed by atoms with van der Waals surface area (Å²) in [6.07, 6.45) is 1.40. The second-order valence-corrected chi connectivity index (χ2v) is 4.54. The summed E-state index contributed by atoms with van der Waals surface area (Å²) in [5, 5.41) is 11.7. The van der Waals surface area contributed by atoms with E-state index in [4.69, 9.17) is 19.5 Å². The van der Waals surface area contributed by atoms with E-state index >= 15 is 0 Å². The maximum Gasteiger partial charge on any atom is 0.348 e. The van der Waals surface area contributed by atoms with Gasteiger partial charge in [-0.15, -0.1) is 0 Å². The first kappa shape index (κ1) is 19.0. The number of carbonyl (C=O) groups is 2. The second-order valence-electron chi connectivity index (χ2n) is 4.54. The van der Waals surface area contributed by atoms with Crippen LogP contribution in [0, 0.1) is 11.3 Å². The first-order chi connectivity index (χ1) is 11.5. The fraction of sp³-hybridized carbons (Fsp3) is 0.353. The van der Waals surface area contributed by atoms with Crippen molar-refractivity contribution >= 4 is 18.0 Å². The molecule has 1 N–H and O–H groups in total. The quantitative estimate of drug-likeness (QED) is 0.442. The molecule has 0 fully saturated rings. The Balaban J connectivity index is 2.95. The summed E-state index contributed by atoms with van der Waals surface area (Å²) in [6, 6.07) is 6.65. The maximum atomic E-state index is 11.6. The molecule has 0 spiro atoms. The van der Waals surface area contributed by atoms with Crippen LogP contribution < -0.4 is 14.8 Å². The molecule has 24 heavy (non-hydrogen) atoms. The topological polar surface area (TPSA) is 97.7 Å². The summed E-state index contributed by atoms with van der Waals surface area (Å²) in [7, 11) is 1.46. The number of ether oxygens (including phenoxy) is 3. The lowest BCUT2D eigenvalue weighted by Crippen LogP contribution is -2.28. The molecule has 0 aliphatic rings. The van der Waals surface area contributed by atoms with Gasteiger partial charge in [0.2, 0.25) is 0 Å². The largest absolute Gasteiger partial charge is 0.493 e. The predicted octanol–water partition coefficient (Wildman–Crippen LogP) is 1.68. The molecule has 0 bridgehead atoms. The van der Waals surface area contributed by atoms with Gasteiger partial charge in [0.1, 0.15) is 11.6 Å². The molecule has 0 saturated carbocycles. The molecule has 0 heterocycles. The Kier molecular flexibility index (Phi) is 7.85. The Labute approximate surface area is 140 Å². The lowest BCUT2D eigenvalue weighted by atomic mass is 10.1. The zero-order chi connectivity index (χ0) is 17.9. The first-order valence-electron chi connectivity index (χ1n) is 7.42. The number of nitriles is 1. The van der Waals surface area contributed by atoms with E-state index in [2.05, 4.69) is 5.32 Å². The normalized spacial score (nSPS) is 10.5. The lowest BCUT2D eigenvalue weighted by Gasteiger charge is -2.11. The van der Waals surface area contributed by atoms with Crippen LogP contribution in [-0.2, 0) is 14.3 Å². The van der Waals surface area contributed by atoms with Gasteiger partial charge in [0.15, 0.2) is 18.1 Å². The van der Waals surface area contributed by atoms with Crippen molar-refractivity contribution < 1.29 is 23.8 Å². The van der Waals surface area contributed by atoms with Crippen molar-refractivity contribution in [2.75, 3.05) is 26.9 Å². The molecule has 0 radical (unpaired) electrons. The molecule has 0 atom stereocenters. The molecule has 7 nitrogen and oxygen atoms in total. The molecule has 0 aliphatic heterocycles. The molecule has 0 unspecified atom stereocenters. The molecule has 1 aromatic carbocycles. The van der Waals surface area contributed by atoms with E-state index in [1.54, 1.807) is 31.2 Å². The zero-order valence-corrected chi connectivity index (χ0v) is 13.9. The van der Waals surface area contributed by atoms with Crippen LogP contribution in [0.5, 0.6) is 11.5 Å². The van der Waals surface area contributed by atoms with E-state index in [0.29, 0.717) is 23.6 Å². The summed E-state index contributed by atoms with van der Waals surface area (Å²) < 4.78 is 15.4. The van der Waals surface area contributed by atoms with Crippen molar-refractivity contribution in [2.45, 2.75) is 13.8 Å². The van der Waals surface area contributed by atoms with Crippen molar-refractivity contribution in [3.63, 3.8) is 0 Å². The molecule has 7 heteroatoms. The molecule has 0 saturated heterocycles. The molecule has 1 amide bonds. The Bertz CT molecular complexity index is 661. The van der Waals surface area contributed by atoms with Gasteiger partial charge in [-0.25, -0.2) is 4.79 Å². The summed E-state index contributed by atoms with van der Waals surface area (Å²) in [6.45, 7) is 4.06. The number of amides is 1. The van der Waals surface area contributed by atoms with Gasteiger partial charge < -0.3 is 19.5 Å². The average molecular weight is 332 g/mol. The smallest absolute Gasteiger partial charge is 0.348 e. The second kappa shape index (κ2) is 9.90. The Hall–Kier alpha value is -3.01. The Morgan fingerprint density at radius 2 is 2.04 bits per heavy atom. The fourth-order valence-corrected chi connectivity index (χ4v) is 1.80. The highest BCUT2D eigenvalue weighted by Gasteiger charge is 2.12. The van der Waals surface area contributed by atoms with Crippen LogP contribution in [0.25, 0.3) is 6.08 Å². The van der Waals surface area contributed by atoms with E-state index in [1.807, 2.05) is 6.92 Å². The van der Waals surface area contributed by atoms with Gasteiger partial charge in [-0.1, -0.05) is 6.07 Å². The third-order valence-corrected chi connectivity index (χ3v) is 2.85. The summed E-state index contributed by atoms with van der Waals surface area (Å²) in [4.78, 5) is 23.1. The Morgan fingerprint density at radius 3 is 2.62 bits per heavy atom. The van der Waals surface area contributed by atoms with Crippen molar-refractivity contribution in [3.05, 3.63) is 29.3 Å². The number of benzene rings is 1. The minimum absolute atomic E-state index is 0.116. The lowest BCUT2D eigenvalue weighted by molar-refractivity contribution is -0.137. The molecule has 1 aromatic rings. The number of hydrogen-bond acceptors (Lipinski definition) is 6. The molecule has 1 rings (SSSR count). The van der Waals surface area contributed by atoms with E-state index in [1.165, 1.54) is 13.2 Å². The third-order valence-electron chi connectivity index (χ3n) is 2.85. The SMILES string of the molecule is CCNC(=O)COc1ccc(/C=C(\C#N)C(=O)OCC)cc1OC. The molecule has 0 aromatic heterocycles. The number of hydrogen-bond donors (Lipinski definition) is 1. The van der Waals surface area contributed by atoms with Gasteiger partial charge in [-0.2, -0.15) is 5.26 Å². The standard InChI is InChI=1S/C17H20N2O5/c1-4-19-16(20)11-24-14-7-6-12(9-15(14)22-3)8-13(10-18)17(21)23-5-2/h6-9H,4-5,11H2,1-3H3,(H,19,20)/b13-8+. The van der Waals surface area contributed by atoms with Crippen molar-refractivity contribution in [1.82, 2.24) is 5.32 Å². The summed E-state index contributed by atoms with van der Waals surface area (Å²) in [5.41, 5.74) is 0.455. The monoisotopic (exact) mass is 332 g/mol. The van der Waals surface area contributed by atoms with Crippen LogP contribution in [0.15, 0.2) is 23.8 Å². The van der Waals surface area contributed by atoms with Crippen LogP contribution in [0.4, 0.5) is 0 Å². The average Bonchev–Trinajstić information content (AvgIpc) is 2.58. The van der Waals surface area contributed by atoms with Crippen molar-refractivity contribution in [3.8, 4) is 17.6 Å². The van der Waals surface area contributed by atoms with Crippen LogP contribution in [0.3, 0.4) is 0 Å². The van der Waals surface area contributed by atoms with Gasteiger partial charge in [0, 0.05) is 6.54 Å². The van der Waals surface area contributed by atoms with Crippen LogP contribution in [-0.4, -0.2) is 38.7 Å². The third kappa shape index (κ3) is 5.65. The van der Waals surface area contributed by atoms with Crippen molar-refractivity contribution in [1.29, 1.82) is 5.26 Å². The highest BCUT2D eigenvalue weighted by atomic mass is 16.5. The van der Waals surface area contributed by atoms with E-state index in [0.717, 1.165) is 0 Å². The summed E-state index contributed by atoms with van der Waals surface area (Å²) in [5.74, 6) is -0.155. The van der Waals surface area contributed by atoms with Gasteiger partial charge in [-0.3, -0.25) is 4.79 Å². The molecule has 0 aliphatic carbocycles. The fourth-order valence-electron chi connectivity index (χ4n) is 1.80. The van der Waals surface area contributed by atoms with E-state index in [-0.39, 0.29) is 24.7 Å². The number of nitrogens with zero attached hydrogens (tertiary/aromatic N) is 1. The molecular weight excluding hydrogens is 312 g/mol. The zero-order valence-electron chi connectivity index (χ0n) is 13.9. The first-order valence-corrected chi connectivity index (χ1v) is 7.42. The number of rotatable bonds is 8. The number of methoxy groups -OCH3 is 1. The predicted molar refractivity (Wildman–Crippen MR) is 87.4 cm³/mol. The minimum atomic E-state index is -0.685. The van der Waals surface area contributed by atoms with Crippen molar-refractivity contribution in [2.24, 2.45) is 0 Å². The van der Waals surface area contributed by atoms with Gasteiger partial charge in [0.05, 0.1) is 13.7 Å². The van der Waals surface area contributed by atoms with Crippen LogP contribution >= 0.6 is 0 Å². The van der Waals surface area contributed by atoms with Gasteiger partial charge >= 0.3 is 5.97 Å². The van der Waals surface area contributed by atoms with Gasteiger partial charge in [0.25, 0.3) is 5.91 Å².